The van der Waals surface area contributed by atoms with Crippen molar-refractivity contribution >= 4 is 23.1 Å². The molecule has 2 aromatic carbocycles. The predicted molar refractivity (Wildman–Crippen MR) is 85.7 cm³/mol. The number of amides is 1. The molecule has 0 radical (unpaired) electrons. The number of nitrogens with one attached hydrogen (secondary N) is 1. The molecule has 0 bridgehead atoms. The summed E-state index contributed by atoms with van der Waals surface area (Å²) in [7, 11) is 1.63. The lowest BCUT2D eigenvalue weighted by Crippen LogP contribution is -2.20. The fourth-order valence-electron chi connectivity index (χ4n) is 2.74. The Morgan fingerprint density at radius 1 is 0.952 bits per heavy atom. The van der Waals surface area contributed by atoms with Crippen LogP contribution in [0.4, 0.5) is 0 Å². The summed E-state index contributed by atoms with van der Waals surface area (Å²) >= 11 is 5.37. The zero-order valence-electron chi connectivity index (χ0n) is 11.6. The normalized spacial score (nSPS) is 21.2. The number of carbonyl (C=O) groups excluding carboxylic acids is 1. The molecule has 1 amide bonds. The molecule has 3 rings (SSSR count). The molecule has 1 heterocycles. The topological polar surface area (TPSA) is 38.3 Å². The van der Waals surface area contributed by atoms with Crippen LogP contribution in [0.5, 0.6) is 5.75 Å². The summed E-state index contributed by atoms with van der Waals surface area (Å²) in [6.45, 7) is 0. The summed E-state index contributed by atoms with van der Waals surface area (Å²) in [6.07, 6.45) is 0. The van der Waals surface area contributed by atoms with Crippen molar-refractivity contribution in [3.8, 4) is 5.75 Å². The number of benzene rings is 2. The minimum absolute atomic E-state index is 0.0352. The van der Waals surface area contributed by atoms with E-state index in [1.165, 1.54) is 0 Å². The Bertz CT molecular complexity index is 667. The zero-order chi connectivity index (χ0) is 14.8. The number of carbonyl (C=O) groups is 1. The predicted octanol–water partition coefficient (Wildman–Crippen LogP) is 3.02. The summed E-state index contributed by atoms with van der Waals surface area (Å²) < 4.78 is 5.18. The second-order valence-corrected chi connectivity index (χ2v) is 5.43. The smallest absolute Gasteiger partial charge is 0.233 e. The fourth-order valence-corrected chi connectivity index (χ4v) is 3.11. The van der Waals surface area contributed by atoms with Gasteiger partial charge in [0.2, 0.25) is 5.91 Å². The van der Waals surface area contributed by atoms with Crippen LogP contribution in [0.2, 0.25) is 0 Å². The van der Waals surface area contributed by atoms with E-state index in [2.05, 4.69) is 5.32 Å². The quantitative estimate of drug-likeness (QED) is 0.885. The van der Waals surface area contributed by atoms with Gasteiger partial charge in [-0.3, -0.25) is 4.79 Å². The van der Waals surface area contributed by atoms with Gasteiger partial charge in [0.25, 0.3) is 0 Å². The molecule has 106 valence electrons. The van der Waals surface area contributed by atoms with Crippen molar-refractivity contribution in [2.24, 2.45) is 0 Å². The zero-order valence-corrected chi connectivity index (χ0v) is 12.4. The molecule has 21 heavy (non-hydrogen) atoms. The van der Waals surface area contributed by atoms with E-state index in [1.54, 1.807) is 7.11 Å². The first-order chi connectivity index (χ1) is 10.2. The van der Waals surface area contributed by atoms with Crippen LogP contribution < -0.4 is 10.1 Å². The van der Waals surface area contributed by atoms with Crippen LogP contribution in [0.15, 0.2) is 54.6 Å². The number of methoxy groups -OCH3 is 1. The van der Waals surface area contributed by atoms with Crippen LogP contribution in [0.25, 0.3) is 0 Å². The number of ether oxygens (including phenoxy) is 1. The van der Waals surface area contributed by atoms with Crippen LogP contribution in [0.1, 0.15) is 23.0 Å². The molecule has 0 aromatic heterocycles. The van der Waals surface area contributed by atoms with Crippen molar-refractivity contribution in [3.05, 3.63) is 65.7 Å². The van der Waals surface area contributed by atoms with E-state index in [-0.39, 0.29) is 17.7 Å². The van der Waals surface area contributed by atoms with Crippen molar-refractivity contribution in [2.45, 2.75) is 11.8 Å². The highest BCUT2D eigenvalue weighted by molar-refractivity contribution is 7.80. The minimum atomic E-state index is -0.271. The maximum absolute atomic E-state index is 12.3. The van der Waals surface area contributed by atoms with E-state index in [0.29, 0.717) is 4.99 Å². The molecule has 1 N–H and O–H groups in total. The summed E-state index contributed by atoms with van der Waals surface area (Å²) in [5, 5.41) is 2.80. The molecule has 2 aromatic rings. The van der Waals surface area contributed by atoms with Crippen molar-refractivity contribution in [2.75, 3.05) is 7.11 Å². The lowest BCUT2D eigenvalue weighted by molar-refractivity contribution is -0.120. The van der Waals surface area contributed by atoms with Gasteiger partial charge in [-0.1, -0.05) is 54.7 Å². The van der Waals surface area contributed by atoms with E-state index >= 15 is 0 Å². The van der Waals surface area contributed by atoms with Crippen LogP contribution in [-0.2, 0) is 4.79 Å². The summed E-state index contributed by atoms with van der Waals surface area (Å²) in [4.78, 5) is 12.9. The van der Waals surface area contributed by atoms with Gasteiger partial charge in [-0.25, -0.2) is 0 Å². The van der Waals surface area contributed by atoms with Gasteiger partial charge < -0.3 is 10.1 Å². The molecule has 0 spiro atoms. The fraction of sp³-hybridized carbons (Fsp3) is 0.176. The van der Waals surface area contributed by atoms with Crippen molar-refractivity contribution in [1.29, 1.82) is 0 Å². The molecule has 2 unspecified atom stereocenters. The molecule has 4 heteroatoms. The molecule has 2 atom stereocenters. The van der Waals surface area contributed by atoms with Crippen molar-refractivity contribution < 1.29 is 9.53 Å². The SMILES string of the molecule is COc1ccc(C2C(=S)NC(=O)C2c2ccccc2)cc1. The Labute approximate surface area is 128 Å². The Morgan fingerprint density at radius 3 is 2.19 bits per heavy atom. The molecular weight excluding hydrogens is 282 g/mol. The summed E-state index contributed by atoms with van der Waals surface area (Å²) in [6, 6.07) is 17.5. The molecule has 0 saturated carbocycles. The standard InChI is InChI=1S/C17H15NO2S/c1-20-13-9-7-12(8-10-13)15-14(16(19)18-17(15)21)11-5-3-2-4-6-11/h2-10,14-15H,1H3,(H,18,19,21). The summed E-state index contributed by atoms with van der Waals surface area (Å²) in [5.41, 5.74) is 2.00. The van der Waals surface area contributed by atoms with Gasteiger partial charge in [0.1, 0.15) is 5.75 Å². The van der Waals surface area contributed by atoms with Gasteiger partial charge >= 0.3 is 0 Å². The second-order valence-electron chi connectivity index (χ2n) is 4.99. The first-order valence-electron chi connectivity index (χ1n) is 6.74. The van der Waals surface area contributed by atoms with E-state index < -0.39 is 0 Å². The third-order valence-electron chi connectivity index (χ3n) is 3.78. The largest absolute Gasteiger partial charge is 0.497 e. The Kier molecular flexibility index (Phi) is 3.71. The molecule has 1 fully saturated rings. The van der Waals surface area contributed by atoms with Gasteiger partial charge in [0.15, 0.2) is 0 Å². The lowest BCUT2D eigenvalue weighted by Gasteiger charge is -2.17. The van der Waals surface area contributed by atoms with Crippen LogP contribution in [-0.4, -0.2) is 18.0 Å². The number of hydrogen-bond donors (Lipinski definition) is 1. The molecule has 1 aliphatic heterocycles. The first kappa shape index (κ1) is 13.8. The third-order valence-corrected chi connectivity index (χ3v) is 4.13. The van der Waals surface area contributed by atoms with E-state index in [0.717, 1.165) is 16.9 Å². The maximum atomic E-state index is 12.3. The molecule has 3 nitrogen and oxygen atoms in total. The highest BCUT2D eigenvalue weighted by atomic mass is 32.1. The van der Waals surface area contributed by atoms with Gasteiger partial charge in [0, 0.05) is 0 Å². The van der Waals surface area contributed by atoms with Crippen molar-refractivity contribution in [1.82, 2.24) is 5.32 Å². The van der Waals surface area contributed by atoms with E-state index in [1.807, 2.05) is 54.6 Å². The average Bonchev–Trinajstić information content (AvgIpc) is 2.82. The van der Waals surface area contributed by atoms with Crippen LogP contribution in [0.3, 0.4) is 0 Å². The van der Waals surface area contributed by atoms with E-state index in [9.17, 15) is 4.79 Å². The third kappa shape index (κ3) is 2.54. The van der Waals surface area contributed by atoms with Gasteiger partial charge in [-0.15, -0.1) is 0 Å². The van der Waals surface area contributed by atoms with Gasteiger partial charge in [-0.2, -0.15) is 0 Å². The van der Waals surface area contributed by atoms with Crippen LogP contribution in [0, 0.1) is 0 Å². The number of rotatable bonds is 3. The highest BCUT2D eigenvalue weighted by Crippen LogP contribution is 2.38. The lowest BCUT2D eigenvalue weighted by atomic mass is 9.83. The van der Waals surface area contributed by atoms with Crippen molar-refractivity contribution in [3.63, 3.8) is 0 Å². The number of thiocarbonyl (C=S) groups is 1. The van der Waals surface area contributed by atoms with Crippen LogP contribution >= 0.6 is 12.2 Å². The van der Waals surface area contributed by atoms with Gasteiger partial charge in [-0.05, 0) is 23.3 Å². The molecule has 1 saturated heterocycles. The Balaban J connectivity index is 2.01. The second kappa shape index (κ2) is 5.66. The molecular formula is C17H15NO2S. The first-order valence-corrected chi connectivity index (χ1v) is 7.15. The average molecular weight is 297 g/mol. The van der Waals surface area contributed by atoms with E-state index in [4.69, 9.17) is 17.0 Å². The highest BCUT2D eigenvalue weighted by Gasteiger charge is 2.40. The Morgan fingerprint density at radius 2 is 1.57 bits per heavy atom. The summed E-state index contributed by atoms with van der Waals surface area (Å²) in [5.74, 6) is 0.359. The maximum Gasteiger partial charge on any atom is 0.233 e. The van der Waals surface area contributed by atoms with Gasteiger partial charge in [0.05, 0.1) is 23.9 Å². The minimum Gasteiger partial charge on any atom is -0.497 e. The molecule has 1 aliphatic rings. The Hall–Kier alpha value is -2.20. The number of hydrogen-bond acceptors (Lipinski definition) is 3. The molecule has 0 aliphatic carbocycles. The monoisotopic (exact) mass is 297 g/mol.